The van der Waals surface area contributed by atoms with Crippen molar-refractivity contribution >= 4 is 16.9 Å². The Labute approximate surface area is 128 Å². The Balaban J connectivity index is 1.67. The van der Waals surface area contributed by atoms with Crippen LogP contribution in [0.4, 0.5) is 0 Å². The highest BCUT2D eigenvalue weighted by Gasteiger charge is 2.32. The van der Waals surface area contributed by atoms with Crippen molar-refractivity contribution in [3.8, 4) is 0 Å². The molecule has 1 N–H and O–H groups in total. The third-order valence-corrected chi connectivity index (χ3v) is 4.15. The van der Waals surface area contributed by atoms with Crippen molar-refractivity contribution in [3.05, 3.63) is 60.2 Å². The lowest BCUT2D eigenvalue weighted by Gasteiger charge is -2.23. The van der Waals surface area contributed by atoms with E-state index in [2.05, 4.69) is 15.0 Å². The molecule has 3 aromatic rings. The minimum atomic E-state index is 0.0140. The summed E-state index contributed by atoms with van der Waals surface area (Å²) in [5, 5.41) is 0. The number of H-pyrrole nitrogens is 1. The predicted octanol–water partition coefficient (Wildman–Crippen LogP) is 2.94. The lowest BCUT2D eigenvalue weighted by atomic mass is 10.2. The molecular weight excluding hydrogens is 276 g/mol. The molecule has 1 aliphatic heterocycles. The molecule has 1 atom stereocenters. The molecule has 1 amide bonds. The number of amides is 1. The number of rotatable bonds is 2. The summed E-state index contributed by atoms with van der Waals surface area (Å²) >= 11 is 0. The van der Waals surface area contributed by atoms with Crippen LogP contribution in [0, 0.1) is 0 Å². The van der Waals surface area contributed by atoms with E-state index < -0.39 is 0 Å². The number of aromatic nitrogens is 3. The minimum Gasteiger partial charge on any atom is -0.340 e. The maximum atomic E-state index is 12.7. The van der Waals surface area contributed by atoms with Crippen LogP contribution in [0.5, 0.6) is 0 Å². The zero-order chi connectivity index (χ0) is 14.9. The van der Waals surface area contributed by atoms with Crippen molar-refractivity contribution < 1.29 is 4.79 Å². The number of nitrogens with one attached hydrogen (secondary N) is 1. The fourth-order valence-electron chi connectivity index (χ4n) is 3.08. The largest absolute Gasteiger partial charge is 0.340 e. The first-order chi connectivity index (χ1) is 10.8. The number of benzene rings is 1. The molecule has 22 heavy (non-hydrogen) atoms. The van der Waals surface area contributed by atoms with E-state index in [4.69, 9.17) is 0 Å². The first-order valence-electron chi connectivity index (χ1n) is 7.48. The fourth-order valence-corrected chi connectivity index (χ4v) is 3.08. The van der Waals surface area contributed by atoms with Gasteiger partial charge >= 0.3 is 0 Å². The summed E-state index contributed by atoms with van der Waals surface area (Å²) in [7, 11) is 0. The molecular formula is C17H16N4O. The van der Waals surface area contributed by atoms with Gasteiger partial charge in [0.25, 0.3) is 5.91 Å². The van der Waals surface area contributed by atoms with Gasteiger partial charge in [-0.1, -0.05) is 12.1 Å². The second kappa shape index (κ2) is 5.26. The molecule has 5 nitrogen and oxygen atoms in total. The van der Waals surface area contributed by atoms with E-state index in [9.17, 15) is 4.79 Å². The highest BCUT2D eigenvalue weighted by molar-refractivity contribution is 5.94. The van der Waals surface area contributed by atoms with Crippen molar-refractivity contribution in [2.45, 2.75) is 18.9 Å². The Hall–Kier alpha value is -2.69. The third-order valence-electron chi connectivity index (χ3n) is 4.15. The van der Waals surface area contributed by atoms with Crippen molar-refractivity contribution in [1.82, 2.24) is 19.9 Å². The van der Waals surface area contributed by atoms with E-state index in [-0.39, 0.29) is 11.9 Å². The van der Waals surface area contributed by atoms with Crippen LogP contribution in [-0.2, 0) is 0 Å². The third kappa shape index (κ3) is 2.15. The number of carbonyl (C=O) groups excluding carboxylic acids is 1. The number of hydrogen-bond donors (Lipinski definition) is 1. The topological polar surface area (TPSA) is 61.9 Å². The van der Waals surface area contributed by atoms with Crippen LogP contribution < -0.4 is 0 Å². The van der Waals surface area contributed by atoms with Gasteiger partial charge in [-0.15, -0.1) is 0 Å². The van der Waals surface area contributed by atoms with E-state index in [1.807, 2.05) is 35.2 Å². The minimum absolute atomic E-state index is 0.0140. The quantitative estimate of drug-likeness (QED) is 0.790. The fraction of sp³-hybridized carbons (Fsp3) is 0.235. The predicted molar refractivity (Wildman–Crippen MR) is 83.3 cm³/mol. The molecule has 1 aromatic carbocycles. The zero-order valence-corrected chi connectivity index (χ0v) is 12.1. The van der Waals surface area contributed by atoms with Crippen LogP contribution in [0.2, 0.25) is 0 Å². The molecule has 3 heterocycles. The Bertz CT molecular complexity index is 779. The van der Waals surface area contributed by atoms with Crippen LogP contribution in [0.3, 0.4) is 0 Å². The van der Waals surface area contributed by atoms with E-state index in [1.165, 1.54) is 0 Å². The molecule has 0 saturated carbocycles. The summed E-state index contributed by atoms with van der Waals surface area (Å²) in [5.41, 5.74) is 2.59. The first-order valence-corrected chi connectivity index (χ1v) is 7.48. The Morgan fingerprint density at radius 2 is 2.14 bits per heavy atom. The SMILES string of the molecule is O=C(c1cccnc1)N1CCCC1c1nc2ccccc2[nH]1. The molecule has 0 radical (unpaired) electrons. The molecule has 1 fully saturated rings. The molecule has 0 aliphatic carbocycles. The van der Waals surface area contributed by atoms with Crippen LogP contribution >= 0.6 is 0 Å². The van der Waals surface area contributed by atoms with E-state index in [0.717, 1.165) is 36.2 Å². The van der Waals surface area contributed by atoms with Gasteiger partial charge < -0.3 is 9.88 Å². The highest BCUT2D eigenvalue weighted by atomic mass is 16.2. The molecule has 0 spiro atoms. The Kier molecular flexibility index (Phi) is 3.11. The van der Waals surface area contributed by atoms with E-state index in [1.54, 1.807) is 18.5 Å². The van der Waals surface area contributed by atoms with Crippen molar-refractivity contribution in [2.75, 3.05) is 6.54 Å². The summed E-state index contributed by atoms with van der Waals surface area (Å²) < 4.78 is 0. The molecule has 1 saturated heterocycles. The number of likely N-dealkylation sites (tertiary alicyclic amines) is 1. The van der Waals surface area contributed by atoms with Gasteiger partial charge in [-0.05, 0) is 37.1 Å². The van der Waals surface area contributed by atoms with Crippen LogP contribution in [-0.4, -0.2) is 32.3 Å². The average molecular weight is 292 g/mol. The summed E-state index contributed by atoms with van der Waals surface area (Å²) in [5.74, 6) is 0.895. The number of aromatic amines is 1. The standard InChI is InChI=1S/C17H16N4O/c22-17(12-5-3-9-18-11-12)21-10-4-8-15(21)16-19-13-6-1-2-7-14(13)20-16/h1-3,5-7,9,11,15H,4,8,10H2,(H,19,20). The maximum absolute atomic E-state index is 12.7. The molecule has 2 aromatic heterocycles. The number of fused-ring (bicyclic) bond motifs is 1. The van der Waals surface area contributed by atoms with Gasteiger partial charge in [0.2, 0.25) is 0 Å². The van der Waals surface area contributed by atoms with Crippen LogP contribution in [0.1, 0.15) is 35.1 Å². The number of carbonyl (C=O) groups is 1. The van der Waals surface area contributed by atoms with E-state index in [0.29, 0.717) is 5.56 Å². The van der Waals surface area contributed by atoms with Gasteiger partial charge in [-0.25, -0.2) is 4.98 Å². The summed E-state index contributed by atoms with van der Waals surface area (Å²) in [6, 6.07) is 11.6. The smallest absolute Gasteiger partial charge is 0.256 e. The number of nitrogens with zero attached hydrogens (tertiary/aromatic N) is 3. The average Bonchev–Trinajstić information content (AvgIpc) is 3.21. The van der Waals surface area contributed by atoms with Crippen LogP contribution in [0.25, 0.3) is 11.0 Å². The molecule has 0 bridgehead atoms. The van der Waals surface area contributed by atoms with Gasteiger partial charge in [-0.3, -0.25) is 9.78 Å². The second-order valence-electron chi connectivity index (χ2n) is 5.54. The number of imidazole rings is 1. The molecule has 1 unspecified atom stereocenters. The van der Waals surface area contributed by atoms with Gasteiger partial charge in [0, 0.05) is 18.9 Å². The van der Waals surface area contributed by atoms with Crippen molar-refractivity contribution in [3.63, 3.8) is 0 Å². The normalized spacial score (nSPS) is 18.0. The molecule has 1 aliphatic rings. The van der Waals surface area contributed by atoms with Gasteiger partial charge in [0.05, 0.1) is 22.6 Å². The van der Waals surface area contributed by atoms with Crippen LogP contribution in [0.15, 0.2) is 48.8 Å². The summed E-state index contributed by atoms with van der Waals surface area (Å²) in [4.78, 5) is 26.6. The number of pyridine rings is 1. The van der Waals surface area contributed by atoms with Gasteiger partial charge in [0.15, 0.2) is 0 Å². The lowest BCUT2D eigenvalue weighted by molar-refractivity contribution is 0.0730. The van der Waals surface area contributed by atoms with E-state index >= 15 is 0 Å². The molecule has 5 heteroatoms. The summed E-state index contributed by atoms with van der Waals surface area (Å²) in [6.07, 6.45) is 5.23. The first kappa shape index (κ1) is 13.0. The van der Waals surface area contributed by atoms with Crippen molar-refractivity contribution in [1.29, 1.82) is 0 Å². The molecule has 110 valence electrons. The number of para-hydroxylation sites is 2. The Morgan fingerprint density at radius 1 is 1.23 bits per heavy atom. The zero-order valence-electron chi connectivity index (χ0n) is 12.1. The lowest BCUT2D eigenvalue weighted by Crippen LogP contribution is -2.31. The van der Waals surface area contributed by atoms with Gasteiger partial charge in [0.1, 0.15) is 5.82 Å². The maximum Gasteiger partial charge on any atom is 0.256 e. The monoisotopic (exact) mass is 292 g/mol. The van der Waals surface area contributed by atoms with Gasteiger partial charge in [-0.2, -0.15) is 0 Å². The summed E-state index contributed by atoms with van der Waals surface area (Å²) in [6.45, 7) is 0.759. The Morgan fingerprint density at radius 3 is 2.95 bits per heavy atom. The molecule has 4 rings (SSSR count). The second-order valence-corrected chi connectivity index (χ2v) is 5.54. The number of hydrogen-bond acceptors (Lipinski definition) is 3. The van der Waals surface area contributed by atoms with Crippen molar-refractivity contribution in [2.24, 2.45) is 0 Å². The highest BCUT2D eigenvalue weighted by Crippen LogP contribution is 2.32.